The summed E-state index contributed by atoms with van der Waals surface area (Å²) in [6, 6.07) is 8.30. The average Bonchev–Trinajstić information content (AvgIpc) is 2.77. The van der Waals surface area contributed by atoms with Crippen LogP contribution in [0.15, 0.2) is 41.4 Å². The molecule has 0 N–H and O–H groups in total. The molecule has 1 aliphatic heterocycles. The second-order valence-electron chi connectivity index (χ2n) is 6.93. The van der Waals surface area contributed by atoms with E-state index in [2.05, 4.69) is 4.99 Å². The molecule has 1 amide bonds. The molecule has 1 aliphatic rings. The lowest BCUT2D eigenvalue weighted by molar-refractivity contribution is -0.112. The first-order valence-electron chi connectivity index (χ1n) is 9.78. The second-order valence-corrected chi connectivity index (χ2v) is 10.1. The van der Waals surface area contributed by atoms with Crippen LogP contribution < -0.4 is 0 Å². The standard InChI is InChI=1S/C21H19Cl4F2N3O2S/c22-15-3-1-5-17(26)13(15)11-30(12-14-16(23)4-2-6-18(14)27)32-21(31)28-20(19(24)25)29-7-9-33-10-8-29/h1-6,19H,7-12H2/b28-20-. The van der Waals surface area contributed by atoms with Gasteiger partial charge in [-0.15, -0.1) is 5.06 Å². The van der Waals surface area contributed by atoms with Gasteiger partial charge in [0.1, 0.15) is 17.5 Å². The Kier molecular flexibility index (Phi) is 9.91. The Labute approximate surface area is 214 Å². The fraction of sp³-hybridized carbons (Fsp3) is 0.333. The highest BCUT2D eigenvalue weighted by Crippen LogP contribution is 2.25. The molecule has 0 aromatic heterocycles. The highest BCUT2D eigenvalue weighted by Gasteiger charge is 2.24. The third-order valence-corrected chi connectivity index (χ3v) is 6.78. The number of amides is 1. The normalized spacial score (nSPS) is 14.8. The number of aliphatic imine (C=N–C) groups is 1. The number of alkyl halides is 2. The maximum absolute atomic E-state index is 14.4. The Balaban J connectivity index is 1.87. The zero-order valence-electron chi connectivity index (χ0n) is 17.1. The van der Waals surface area contributed by atoms with Crippen molar-refractivity contribution >= 4 is 70.1 Å². The van der Waals surface area contributed by atoms with Crippen molar-refractivity contribution in [2.24, 2.45) is 4.99 Å². The summed E-state index contributed by atoms with van der Waals surface area (Å²) in [5, 5.41) is 1.27. The van der Waals surface area contributed by atoms with E-state index < -0.39 is 22.6 Å². The van der Waals surface area contributed by atoms with Crippen LogP contribution in [0.3, 0.4) is 0 Å². The molecular formula is C21H19Cl4F2N3O2S. The number of halogens is 6. The van der Waals surface area contributed by atoms with Gasteiger partial charge in [-0.25, -0.2) is 13.6 Å². The molecule has 33 heavy (non-hydrogen) atoms. The van der Waals surface area contributed by atoms with Crippen LogP contribution in [0.4, 0.5) is 13.6 Å². The predicted molar refractivity (Wildman–Crippen MR) is 130 cm³/mol. The first-order valence-corrected chi connectivity index (χ1v) is 12.6. The lowest BCUT2D eigenvalue weighted by Crippen LogP contribution is -2.41. The van der Waals surface area contributed by atoms with Crippen LogP contribution >= 0.6 is 58.2 Å². The van der Waals surface area contributed by atoms with Crippen LogP contribution in [0.2, 0.25) is 10.0 Å². The lowest BCUT2D eigenvalue weighted by Gasteiger charge is -2.30. The molecule has 12 heteroatoms. The van der Waals surface area contributed by atoms with Crippen molar-refractivity contribution in [1.29, 1.82) is 0 Å². The fourth-order valence-electron chi connectivity index (χ4n) is 3.11. The van der Waals surface area contributed by atoms with E-state index in [0.29, 0.717) is 13.1 Å². The number of hydrogen-bond donors (Lipinski definition) is 0. The number of amidine groups is 1. The second kappa shape index (κ2) is 12.4. The molecule has 1 fully saturated rings. The minimum Gasteiger partial charge on any atom is -0.356 e. The van der Waals surface area contributed by atoms with Crippen LogP contribution in [-0.4, -0.2) is 51.3 Å². The van der Waals surface area contributed by atoms with Crippen LogP contribution in [-0.2, 0) is 17.9 Å². The number of hydrogen-bond acceptors (Lipinski definition) is 4. The van der Waals surface area contributed by atoms with Gasteiger partial charge in [-0.1, -0.05) is 58.5 Å². The van der Waals surface area contributed by atoms with E-state index in [9.17, 15) is 13.6 Å². The predicted octanol–water partition coefficient (Wildman–Crippen LogP) is 6.58. The zero-order valence-corrected chi connectivity index (χ0v) is 21.0. The van der Waals surface area contributed by atoms with Crippen molar-refractivity contribution in [3.05, 3.63) is 69.2 Å². The van der Waals surface area contributed by atoms with E-state index in [0.717, 1.165) is 16.6 Å². The van der Waals surface area contributed by atoms with E-state index in [1.165, 1.54) is 36.4 Å². The molecule has 1 heterocycles. The Hall–Kier alpha value is -1.29. The fourth-order valence-corrected chi connectivity index (χ4v) is 4.84. The van der Waals surface area contributed by atoms with Crippen molar-refractivity contribution in [3.8, 4) is 0 Å². The summed E-state index contributed by atoms with van der Waals surface area (Å²) < 4.78 is 28.8. The Morgan fingerprint density at radius 2 is 1.55 bits per heavy atom. The van der Waals surface area contributed by atoms with Crippen LogP contribution in [0, 0.1) is 11.6 Å². The molecule has 2 aromatic carbocycles. The van der Waals surface area contributed by atoms with Gasteiger partial charge in [-0.05, 0) is 24.3 Å². The summed E-state index contributed by atoms with van der Waals surface area (Å²) in [7, 11) is 0. The molecule has 1 saturated heterocycles. The maximum Gasteiger partial charge on any atom is 0.454 e. The smallest absolute Gasteiger partial charge is 0.356 e. The van der Waals surface area contributed by atoms with E-state index in [1.807, 2.05) is 0 Å². The zero-order chi connectivity index (χ0) is 24.0. The third kappa shape index (κ3) is 7.34. The number of carbonyl (C=O) groups is 1. The topological polar surface area (TPSA) is 45.1 Å². The van der Waals surface area contributed by atoms with Crippen molar-refractivity contribution in [2.75, 3.05) is 24.6 Å². The van der Waals surface area contributed by atoms with Gasteiger partial charge in [0.2, 0.25) is 0 Å². The Bertz CT molecular complexity index is 929. The third-order valence-electron chi connectivity index (χ3n) is 4.74. The first kappa shape index (κ1) is 26.3. The molecule has 0 aliphatic carbocycles. The van der Waals surface area contributed by atoms with Gasteiger partial charge in [0, 0.05) is 45.8 Å². The van der Waals surface area contributed by atoms with Gasteiger partial charge in [-0.2, -0.15) is 16.8 Å². The van der Waals surface area contributed by atoms with Gasteiger partial charge in [0.15, 0.2) is 4.84 Å². The number of benzene rings is 2. The molecule has 0 bridgehead atoms. The molecule has 0 saturated carbocycles. The van der Waals surface area contributed by atoms with Crippen LogP contribution in [0.5, 0.6) is 0 Å². The average molecular weight is 557 g/mol. The summed E-state index contributed by atoms with van der Waals surface area (Å²) in [6.07, 6.45) is -1.05. The van der Waals surface area contributed by atoms with Crippen molar-refractivity contribution in [3.63, 3.8) is 0 Å². The summed E-state index contributed by atoms with van der Waals surface area (Å²) in [4.78, 5) is 22.7. The van der Waals surface area contributed by atoms with Gasteiger partial charge in [0.05, 0.1) is 13.1 Å². The monoisotopic (exact) mass is 555 g/mol. The minimum atomic E-state index is -1.06. The molecular weight excluding hydrogens is 538 g/mol. The highest BCUT2D eigenvalue weighted by atomic mass is 35.5. The molecule has 0 unspecified atom stereocenters. The summed E-state index contributed by atoms with van der Waals surface area (Å²) in [6.45, 7) is 0.675. The van der Waals surface area contributed by atoms with Crippen molar-refractivity contribution in [1.82, 2.24) is 9.96 Å². The number of carbonyl (C=O) groups excluding carboxylic acids is 1. The van der Waals surface area contributed by atoms with E-state index in [-0.39, 0.29) is 40.1 Å². The number of rotatable bonds is 6. The van der Waals surface area contributed by atoms with Crippen LogP contribution in [0.25, 0.3) is 0 Å². The van der Waals surface area contributed by atoms with Crippen molar-refractivity contribution in [2.45, 2.75) is 17.9 Å². The van der Waals surface area contributed by atoms with Gasteiger partial charge >= 0.3 is 6.09 Å². The first-order chi connectivity index (χ1) is 15.8. The largest absolute Gasteiger partial charge is 0.454 e. The SMILES string of the molecule is O=C(/N=C(/C(Cl)Cl)N1CCSCC1)ON(Cc1c(F)cccc1Cl)Cc1c(F)cccc1Cl. The van der Waals surface area contributed by atoms with Gasteiger partial charge in [0.25, 0.3) is 0 Å². The summed E-state index contributed by atoms with van der Waals surface area (Å²) >= 11 is 26.1. The lowest BCUT2D eigenvalue weighted by atomic mass is 10.1. The molecule has 3 rings (SSSR count). The summed E-state index contributed by atoms with van der Waals surface area (Å²) in [5.74, 6) is 0.590. The molecule has 0 atom stereocenters. The molecule has 2 aromatic rings. The molecule has 5 nitrogen and oxygen atoms in total. The molecule has 178 valence electrons. The quantitative estimate of drug-likeness (QED) is 0.174. The number of hydroxylamine groups is 2. The van der Waals surface area contributed by atoms with Crippen molar-refractivity contribution < 1.29 is 18.4 Å². The number of nitrogens with zero attached hydrogens (tertiary/aromatic N) is 3. The highest BCUT2D eigenvalue weighted by molar-refractivity contribution is 7.99. The van der Waals surface area contributed by atoms with Gasteiger partial charge in [-0.3, -0.25) is 0 Å². The number of thioether (sulfide) groups is 1. The van der Waals surface area contributed by atoms with Gasteiger partial charge < -0.3 is 9.74 Å². The van der Waals surface area contributed by atoms with E-state index in [1.54, 1.807) is 16.7 Å². The van der Waals surface area contributed by atoms with Crippen LogP contribution in [0.1, 0.15) is 11.1 Å². The summed E-state index contributed by atoms with van der Waals surface area (Å²) in [5.41, 5.74) is 0.119. The van der Waals surface area contributed by atoms with E-state index in [4.69, 9.17) is 51.2 Å². The Morgan fingerprint density at radius 1 is 1.03 bits per heavy atom. The molecule has 0 radical (unpaired) electrons. The minimum absolute atomic E-state index is 0.0595. The Morgan fingerprint density at radius 3 is 2.00 bits per heavy atom. The van der Waals surface area contributed by atoms with E-state index >= 15 is 0 Å². The maximum atomic E-state index is 14.4. The molecule has 0 spiro atoms.